The number of carbonyl (C=O) groups excluding carboxylic acids is 1. The highest BCUT2D eigenvalue weighted by Gasteiger charge is 2.40. The molecule has 3 atom stereocenters. The molecule has 2 fully saturated rings. The van der Waals surface area contributed by atoms with Gasteiger partial charge >= 0.3 is 0 Å². The standard InChI is InChI=1S/C18H21N3O/c1-11(15-9-12-6-7-13(15)8-12)20-21-18(22)16-10-19-17-5-3-2-4-14(16)17/h2-5,10,12-13,15,19H,6-9H2,1H3,(H,21,22)/b20-11+/t12-,13-,15+/m0/s1. The molecule has 114 valence electrons. The van der Waals surface area contributed by atoms with Gasteiger partial charge in [-0.3, -0.25) is 4.79 Å². The number of H-pyrrole nitrogens is 1. The van der Waals surface area contributed by atoms with Crippen LogP contribution in [0.2, 0.25) is 0 Å². The SMILES string of the molecule is C/C(=N\NC(=O)c1c[nH]c2ccccc12)[C@H]1C[C@H]2CC[C@H]1C2. The number of hydrogen-bond donors (Lipinski definition) is 2. The average molecular weight is 295 g/mol. The quantitative estimate of drug-likeness (QED) is 0.658. The lowest BCUT2D eigenvalue weighted by molar-refractivity contribution is 0.0956. The Morgan fingerprint density at radius 2 is 2.14 bits per heavy atom. The van der Waals surface area contributed by atoms with Crippen LogP contribution in [-0.4, -0.2) is 16.6 Å². The van der Waals surface area contributed by atoms with E-state index in [-0.39, 0.29) is 5.91 Å². The zero-order valence-corrected chi connectivity index (χ0v) is 12.8. The van der Waals surface area contributed by atoms with Crippen molar-refractivity contribution < 1.29 is 4.79 Å². The van der Waals surface area contributed by atoms with Crippen LogP contribution < -0.4 is 5.43 Å². The van der Waals surface area contributed by atoms with Crippen molar-refractivity contribution in [1.29, 1.82) is 0 Å². The molecule has 2 aromatic rings. The van der Waals surface area contributed by atoms with Crippen molar-refractivity contribution in [3.63, 3.8) is 0 Å². The van der Waals surface area contributed by atoms with E-state index in [2.05, 4.69) is 22.4 Å². The summed E-state index contributed by atoms with van der Waals surface area (Å²) in [7, 11) is 0. The van der Waals surface area contributed by atoms with Crippen LogP contribution in [0.3, 0.4) is 0 Å². The molecule has 2 N–H and O–H groups in total. The second-order valence-corrected chi connectivity index (χ2v) is 6.72. The first kappa shape index (κ1) is 13.6. The molecule has 2 bridgehead atoms. The molecule has 2 aliphatic rings. The van der Waals surface area contributed by atoms with Crippen LogP contribution >= 0.6 is 0 Å². The monoisotopic (exact) mass is 295 g/mol. The third kappa shape index (κ3) is 2.23. The van der Waals surface area contributed by atoms with Crippen molar-refractivity contribution in [2.45, 2.75) is 32.6 Å². The Morgan fingerprint density at radius 3 is 2.91 bits per heavy atom. The van der Waals surface area contributed by atoms with Crippen LogP contribution in [0.15, 0.2) is 35.6 Å². The zero-order valence-electron chi connectivity index (χ0n) is 12.8. The van der Waals surface area contributed by atoms with Gasteiger partial charge in [-0.15, -0.1) is 0 Å². The Balaban J connectivity index is 1.49. The normalized spacial score (nSPS) is 27.5. The van der Waals surface area contributed by atoms with Gasteiger partial charge in [-0.25, -0.2) is 5.43 Å². The van der Waals surface area contributed by atoms with Crippen molar-refractivity contribution in [2.75, 3.05) is 0 Å². The summed E-state index contributed by atoms with van der Waals surface area (Å²) in [5.41, 5.74) is 5.45. The van der Waals surface area contributed by atoms with Crippen molar-refractivity contribution in [1.82, 2.24) is 10.4 Å². The van der Waals surface area contributed by atoms with Crippen LogP contribution in [-0.2, 0) is 0 Å². The van der Waals surface area contributed by atoms with Crippen molar-refractivity contribution >= 4 is 22.5 Å². The number of fused-ring (bicyclic) bond motifs is 3. The minimum Gasteiger partial charge on any atom is -0.360 e. The molecule has 0 radical (unpaired) electrons. The van der Waals surface area contributed by atoms with E-state index in [4.69, 9.17) is 0 Å². The largest absolute Gasteiger partial charge is 0.360 e. The Bertz CT molecular complexity index is 746. The van der Waals surface area contributed by atoms with Crippen molar-refractivity contribution in [2.24, 2.45) is 22.9 Å². The highest BCUT2D eigenvalue weighted by molar-refractivity contribution is 6.07. The van der Waals surface area contributed by atoms with Crippen LogP contribution in [0.1, 0.15) is 43.0 Å². The van der Waals surface area contributed by atoms with Crippen molar-refractivity contribution in [3.8, 4) is 0 Å². The van der Waals surface area contributed by atoms with E-state index >= 15 is 0 Å². The lowest BCUT2D eigenvalue weighted by Gasteiger charge is -2.21. The van der Waals surface area contributed by atoms with Gasteiger partial charge in [0, 0.05) is 28.7 Å². The third-order valence-electron chi connectivity index (χ3n) is 5.44. The molecule has 4 nitrogen and oxygen atoms in total. The molecule has 0 spiro atoms. The van der Waals surface area contributed by atoms with Gasteiger partial charge in [0.25, 0.3) is 5.91 Å². The second kappa shape index (κ2) is 5.27. The number of hydrazone groups is 1. The van der Waals surface area contributed by atoms with Crippen LogP contribution in [0.25, 0.3) is 10.9 Å². The summed E-state index contributed by atoms with van der Waals surface area (Å²) in [6.45, 7) is 2.06. The van der Waals surface area contributed by atoms with Crippen molar-refractivity contribution in [3.05, 3.63) is 36.0 Å². The highest BCUT2D eigenvalue weighted by Crippen LogP contribution is 2.48. The number of aromatic amines is 1. The van der Waals surface area contributed by atoms with Gasteiger partial charge in [0.05, 0.1) is 5.56 Å². The molecular weight excluding hydrogens is 274 g/mol. The number of rotatable bonds is 3. The molecule has 1 aromatic heterocycles. The Hall–Kier alpha value is -2.10. The highest BCUT2D eigenvalue weighted by atomic mass is 16.2. The van der Waals surface area contributed by atoms with Gasteiger partial charge in [0.15, 0.2) is 0 Å². The maximum Gasteiger partial charge on any atom is 0.273 e. The number of amides is 1. The molecule has 0 saturated heterocycles. The summed E-state index contributed by atoms with van der Waals surface area (Å²) in [5.74, 6) is 2.12. The fraction of sp³-hybridized carbons (Fsp3) is 0.444. The van der Waals surface area contributed by atoms with E-state index in [1.165, 1.54) is 25.7 Å². The molecule has 1 amide bonds. The van der Waals surface area contributed by atoms with Crippen LogP contribution in [0.4, 0.5) is 0 Å². The first-order valence-corrected chi connectivity index (χ1v) is 8.13. The summed E-state index contributed by atoms with van der Waals surface area (Å²) in [6.07, 6.45) is 7.08. The summed E-state index contributed by atoms with van der Waals surface area (Å²) in [5, 5.41) is 5.33. The Kier molecular flexibility index (Phi) is 3.25. The minimum absolute atomic E-state index is 0.139. The van der Waals surface area contributed by atoms with E-state index < -0.39 is 0 Å². The van der Waals surface area contributed by atoms with Gasteiger partial charge in [-0.1, -0.05) is 24.6 Å². The number of aromatic nitrogens is 1. The Labute approximate surface area is 130 Å². The summed E-state index contributed by atoms with van der Waals surface area (Å²) in [6, 6.07) is 7.82. The van der Waals surface area contributed by atoms with Gasteiger partial charge in [-0.05, 0) is 44.1 Å². The third-order valence-corrected chi connectivity index (χ3v) is 5.44. The summed E-state index contributed by atoms with van der Waals surface area (Å²) >= 11 is 0. The first-order chi connectivity index (χ1) is 10.7. The zero-order chi connectivity index (χ0) is 15.1. The van der Waals surface area contributed by atoms with Gasteiger partial charge in [0.2, 0.25) is 0 Å². The van der Waals surface area contributed by atoms with Gasteiger partial charge in [0.1, 0.15) is 0 Å². The molecule has 1 heterocycles. The maximum absolute atomic E-state index is 12.4. The lowest BCUT2D eigenvalue weighted by Crippen LogP contribution is -2.24. The summed E-state index contributed by atoms with van der Waals surface area (Å²) < 4.78 is 0. The number of para-hydroxylation sites is 1. The molecule has 4 heteroatoms. The molecule has 2 saturated carbocycles. The van der Waals surface area contributed by atoms with E-state index in [0.717, 1.165) is 28.5 Å². The maximum atomic E-state index is 12.4. The minimum atomic E-state index is -0.139. The number of carbonyl (C=O) groups is 1. The fourth-order valence-electron chi connectivity index (χ4n) is 4.30. The first-order valence-electron chi connectivity index (χ1n) is 8.13. The molecule has 2 aliphatic carbocycles. The van der Waals surface area contributed by atoms with Gasteiger partial charge < -0.3 is 4.98 Å². The molecule has 0 aliphatic heterocycles. The van der Waals surface area contributed by atoms with Crippen LogP contribution in [0, 0.1) is 17.8 Å². The predicted octanol–water partition coefficient (Wildman–Crippen LogP) is 3.71. The molecular formula is C18H21N3O. The molecule has 1 aromatic carbocycles. The fourth-order valence-corrected chi connectivity index (χ4v) is 4.30. The Morgan fingerprint density at radius 1 is 1.27 bits per heavy atom. The second-order valence-electron chi connectivity index (χ2n) is 6.72. The molecule has 0 unspecified atom stereocenters. The number of nitrogens with one attached hydrogen (secondary N) is 2. The molecule has 4 rings (SSSR count). The number of nitrogens with zero attached hydrogens (tertiary/aromatic N) is 1. The van der Waals surface area contributed by atoms with E-state index in [0.29, 0.717) is 11.5 Å². The van der Waals surface area contributed by atoms with E-state index in [9.17, 15) is 4.79 Å². The smallest absolute Gasteiger partial charge is 0.273 e. The summed E-state index contributed by atoms with van der Waals surface area (Å²) in [4.78, 5) is 15.5. The van der Waals surface area contributed by atoms with E-state index in [1.54, 1.807) is 6.20 Å². The number of hydrogen-bond acceptors (Lipinski definition) is 2. The van der Waals surface area contributed by atoms with Crippen LogP contribution in [0.5, 0.6) is 0 Å². The number of benzene rings is 1. The molecule has 22 heavy (non-hydrogen) atoms. The van der Waals surface area contributed by atoms with Gasteiger partial charge in [-0.2, -0.15) is 5.10 Å². The topological polar surface area (TPSA) is 57.2 Å². The lowest BCUT2D eigenvalue weighted by atomic mass is 9.86. The average Bonchev–Trinajstić information content (AvgIpc) is 3.26. The van der Waals surface area contributed by atoms with E-state index in [1.807, 2.05) is 24.3 Å². The predicted molar refractivity (Wildman–Crippen MR) is 87.8 cm³/mol.